The molecule has 110 valence electrons. The highest BCUT2D eigenvalue weighted by Gasteiger charge is 2.14. The van der Waals surface area contributed by atoms with Crippen LogP contribution in [0.3, 0.4) is 0 Å². The minimum atomic E-state index is -0.550. The fourth-order valence-corrected chi connectivity index (χ4v) is 1.96. The minimum Gasteiger partial charge on any atom is -0.489 e. The van der Waals surface area contributed by atoms with Gasteiger partial charge in [0.05, 0.1) is 6.54 Å². The molecule has 0 aromatic heterocycles. The molecule has 1 rings (SSSR count). The average molecular weight is 343 g/mol. The zero-order valence-electron chi connectivity index (χ0n) is 11.8. The van der Waals surface area contributed by atoms with Crippen LogP contribution in [0, 0.1) is 0 Å². The fourth-order valence-electron chi connectivity index (χ4n) is 1.58. The van der Waals surface area contributed by atoms with Gasteiger partial charge in [0, 0.05) is 11.4 Å². The Morgan fingerprint density at radius 3 is 2.65 bits per heavy atom. The van der Waals surface area contributed by atoms with Crippen LogP contribution in [-0.2, 0) is 9.59 Å². The molecule has 0 saturated heterocycles. The first kappa shape index (κ1) is 16.5. The van der Waals surface area contributed by atoms with Gasteiger partial charge in [-0.1, -0.05) is 22.0 Å². The van der Waals surface area contributed by atoms with Gasteiger partial charge in [0.25, 0.3) is 0 Å². The van der Waals surface area contributed by atoms with Gasteiger partial charge in [-0.25, -0.2) is 0 Å². The second kappa shape index (κ2) is 7.89. The van der Waals surface area contributed by atoms with Crippen molar-refractivity contribution in [3.63, 3.8) is 0 Å². The summed E-state index contributed by atoms with van der Waals surface area (Å²) in [4.78, 5) is 22.6. The molecule has 0 aliphatic heterocycles. The first-order chi connectivity index (χ1) is 9.38. The number of nitrogens with one attached hydrogen (secondary N) is 2. The van der Waals surface area contributed by atoms with E-state index in [0.29, 0.717) is 6.54 Å². The summed E-state index contributed by atoms with van der Waals surface area (Å²) in [5.74, 6) is 0.270. The molecule has 5 nitrogen and oxygen atoms in total. The molecule has 0 bridgehead atoms. The van der Waals surface area contributed by atoms with Gasteiger partial charge in [-0.15, -0.1) is 0 Å². The molecule has 2 N–H and O–H groups in total. The largest absolute Gasteiger partial charge is 0.489 e. The number of amides is 2. The number of carbonyl (C=O) groups excluding carboxylic acids is 2. The van der Waals surface area contributed by atoms with Gasteiger partial charge < -0.3 is 15.4 Å². The summed E-state index contributed by atoms with van der Waals surface area (Å²) in [6.07, 6.45) is -0.169. The molecule has 0 spiro atoms. The van der Waals surface area contributed by atoms with Crippen molar-refractivity contribution in [2.24, 2.45) is 0 Å². The fraction of sp³-hybridized carbons (Fsp3) is 0.429. The highest BCUT2D eigenvalue weighted by atomic mass is 79.9. The second-order valence-electron chi connectivity index (χ2n) is 4.55. The van der Waals surface area contributed by atoms with E-state index < -0.39 is 6.04 Å². The van der Waals surface area contributed by atoms with Crippen molar-refractivity contribution in [2.45, 2.75) is 32.9 Å². The summed E-state index contributed by atoms with van der Waals surface area (Å²) in [7, 11) is 0. The van der Waals surface area contributed by atoms with E-state index in [2.05, 4.69) is 26.6 Å². The number of hydrogen-bond acceptors (Lipinski definition) is 3. The monoisotopic (exact) mass is 342 g/mol. The number of halogens is 1. The van der Waals surface area contributed by atoms with Gasteiger partial charge in [0.1, 0.15) is 17.9 Å². The SMILES string of the molecule is CC(=O)N[C@H](C)C(=O)NC[C@@H](C)Oc1cccc(Br)c1. The number of rotatable bonds is 6. The lowest BCUT2D eigenvalue weighted by Gasteiger charge is -2.18. The minimum absolute atomic E-state index is 0.169. The Bertz CT molecular complexity index is 479. The molecule has 0 fully saturated rings. The standard InChI is InChI=1S/C14H19BrN2O3/c1-9(20-13-6-4-5-12(15)7-13)8-16-14(19)10(2)17-11(3)18/h4-7,9-10H,8H2,1-3H3,(H,16,19)(H,17,18)/t9-,10-/m1/s1. The van der Waals surface area contributed by atoms with Gasteiger partial charge >= 0.3 is 0 Å². The van der Waals surface area contributed by atoms with Crippen LogP contribution in [0.4, 0.5) is 0 Å². The van der Waals surface area contributed by atoms with Crippen LogP contribution in [-0.4, -0.2) is 30.5 Å². The van der Waals surface area contributed by atoms with Gasteiger partial charge in [0.15, 0.2) is 0 Å². The lowest BCUT2D eigenvalue weighted by atomic mass is 10.3. The first-order valence-electron chi connectivity index (χ1n) is 6.35. The van der Waals surface area contributed by atoms with Crippen LogP contribution >= 0.6 is 15.9 Å². The lowest BCUT2D eigenvalue weighted by Crippen LogP contribution is -2.46. The Kier molecular flexibility index (Phi) is 6.51. The topological polar surface area (TPSA) is 67.4 Å². The molecular weight excluding hydrogens is 324 g/mol. The molecule has 1 aromatic carbocycles. The van der Waals surface area contributed by atoms with E-state index in [1.54, 1.807) is 6.92 Å². The third kappa shape index (κ3) is 6.06. The van der Waals surface area contributed by atoms with Crippen molar-refractivity contribution in [1.29, 1.82) is 0 Å². The Labute approximate surface area is 127 Å². The summed E-state index contributed by atoms with van der Waals surface area (Å²) in [6, 6.07) is 6.95. The molecule has 0 saturated carbocycles. The summed E-state index contributed by atoms with van der Waals surface area (Å²) in [5, 5.41) is 5.26. The zero-order chi connectivity index (χ0) is 15.1. The molecule has 6 heteroatoms. The molecule has 2 atom stereocenters. The van der Waals surface area contributed by atoms with Crippen LogP contribution < -0.4 is 15.4 Å². The van der Waals surface area contributed by atoms with Crippen molar-refractivity contribution in [3.05, 3.63) is 28.7 Å². The Balaban J connectivity index is 2.38. The Morgan fingerprint density at radius 2 is 2.05 bits per heavy atom. The van der Waals surface area contributed by atoms with Crippen LogP contribution in [0.1, 0.15) is 20.8 Å². The predicted octanol–water partition coefficient (Wildman–Crippen LogP) is 1.86. The lowest BCUT2D eigenvalue weighted by molar-refractivity contribution is -0.127. The van der Waals surface area contributed by atoms with Crippen LogP contribution in [0.15, 0.2) is 28.7 Å². The van der Waals surface area contributed by atoms with E-state index in [4.69, 9.17) is 4.74 Å². The maximum Gasteiger partial charge on any atom is 0.242 e. The van der Waals surface area contributed by atoms with Crippen molar-refractivity contribution < 1.29 is 14.3 Å². The maximum atomic E-state index is 11.7. The smallest absolute Gasteiger partial charge is 0.242 e. The van der Waals surface area contributed by atoms with Crippen molar-refractivity contribution in [3.8, 4) is 5.75 Å². The quantitative estimate of drug-likeness (QED) is 0.829. The van der Waals surface area contributed by atoms with E-state index in [9.17, 15) is 9.59 Å². The highest BCUT2D eigenvalue weighted by molar-refractivity contribution is 9.10. The van der Waals surface area contributed by atoms with Gasteiger partial charge in [-0.05, 0) is 32.0 Å². The predicted molar refractivity (Wildman–Crippen MR) is 80.5 cm³/mol. The van der Waals surface area contributed by atoms with Crippen molar-refractivity contribution >= 4 is 27.7 Å². The second-order valence-corrected chi connectivity index (χ2v) is 5.47. The maximum absolute atomic E-state index is 11.7. The van der Waals surface area contributed by atoms with E-state index in [1.807, 2.05) is 31.2 Å². The number of benzene rings is 1. The van der Waals surface area contributed by atoms with E-state index >= 15 is 0 Å². The van der Waals surface area contributed by atoms with E-state index in [1.165, 1.54) is 6.92 Å². The van der Waals surface area contributed by atoms with Gasteiger partial charge in [-0.2, -0.15) is 0 Å². The molecule has 0 aliphatic carbocycles. The molecule has 0 radical (unpaired) electrons. The van der Waals surface area contributed by atoms with Gasteiger partial charge in [-0.3, -0.25) is 9.59 Å². The molecule has 1 aromatic rings. The van der Waals surface area contributed by atoms with Crippen LogP contribution in [0.2, 0.25) is 0 Å². The normalized spacial score (nSPS) is 13.2. The molecular formula is C14H19BrN2O3. The van der Waals surface area contributed by atoms with E-state index in [0.717, 1.165) is 10.2 Å². The van der Waals surface area contributed by atoms with Crippen molar-refractivity contribution in [1.82, 2.24) is 10.6 Å². The van der Waals surface area contributed by atoms with Crippen LogP contribution in [0.25, 0.3) is 0 Å². The summed E-state index contributed by atoms with van der Waals surface area (Å²) in [6.45, 7) is 5.25. The van der Waals surface area contributed by atoms with Gasteiger partial charge in [0.2, 0.25) is 11.8 Å². The number of ether oxygens (including phenoxy) is 1. The Hall–Kier alpha value is -1.56. The molecule has 0 aliphatic rings. The summed E-state index contributed by atoms with van der Waals surface area (Å²) in [5.41, 5.74) is 0. The molecule has 2 amide bonds. The zero-order valence-corrected chi connectivity index (χ0v) is 13.4. The third-order valence-corrected chi connectivity index (χ3v) is 3.00. The average Bonchev–Trinajstić information content (AvgIpc) is 2.35. The highest BCUT2D eigenvalue weighted by Crippen LogP contribution is 2.18. The number of hydrogen-bond donors (Lipinski definition) is 2. The number of carbonyl (C=O) groups is 2. The summed E-state index contributed by atoms with van der Waals surface area (Å²) < 4.78 is 6.61. The molecule has 0 heterocycles. The Morgan fingerprint density at radius 1 is 1.35 bits per heavy atom. The first-order valence-corrected chi connectivity index (χ1v) is 7.15. The van der Waals surface area contributed by atoms with Crippen molar-refractivity contribution in [2.75, 3.05) is 6.54 Å². The summed E-state index contributed by atoms with van der Waals surface area (Å²) >= 11 is 3.37. The molecule has 20 heavy (non-hydrogen) atoms. The third-order valence-electron chi connectivity index (χ3n) is 2.51. The molecule has 0 unspecified atom stereocenters. The van der Waals surface area contributed by atoms with Crippen LogP contribution in [0.5, 0.6) is 5.75 Å². The van der Waals surface area contributed by atoms with E-state index in [-0.39, 0.29) is 17.9 Å².